The second-order valence-electron chi connectivity index (χ2n) is 4.23. The summed E-state index contributed by atoms with van der Waals surface area (Å²) < 4.78 is 0. The Kier molecular flexibility index (Phi) is 3.98. The molecule has 0 aliphatic heterocycles. The number of carbonyl (C=O) groups is 1. The quantitative estimate of drug-likeness (QED) is 0.488. The van der Waals surface area contributed by atoms with Crippen LogP contribution >= 0.6 is 11.6 Å². The van der Waals surface area contributed by atoms with Gasteiger partial charge in [-0.2, -0.15) is 0 Å². The van der Waals surface area contributed by atoms with Crippen molar-refractivity contribution >= 4 is 16.8 Å². The maximum atomic E-state index is 10.8. The van der Waals surface area contributed by atoms with Crippen LogP contribution in [0, 0.1) is 11.3 Å². The molecular weight excluding hydrogens is 172 g/mol. The number of halogens is 1. The Morgan fingerprint density at radius 1 is 1.50 bits per heavy atom. The van der Waals surface area contributed by atoms with Crippen LogP contribution in [-0.4, -0.2) is 5.24 Å². The van der Waals surface area contributed by atoms with E-state index in [4.69, 9.17) is 11.6 Å². The van der Waals surface area contributed by atoms with Crippen molar-refractivity contribution in [1.82, 2.24) is 0 Å². The van der Waals surface area contributed by atoms with E-state index in [-0.39, 0.29) is 5.41 Å². The first kappa shape index (κ1) is 11.7. The van der Waals surface area contributed by atoms with E-state index < -0.39 is 5.24 Å². The number of hydrogen-bond donors (Lipinski definition) is 0. The van der Waals surface area contributed by atoms with Gasteiger partial charge in [0.2, 0.25) is 5.24 Å². The lowest BCUT2D eigenvalue weighted by Gasteiger charge is -2.26. The van der Waals surface area contributed by atoms with Gasteiger partial charge < -0.3 is 0 Å². The highest BCUT2D eigenvalue weighted by atomic mass is 35.5. The molecule has 0 spiro atoms. The zero-order chi connectivity index (χ0) is 9.94. The molecule has 0 saturated carbocycles. The molecule has 0 saturated heterocycles. The summed E-state index contributed by atoms with van der Waals surface area (Å²) in [5, 5.41) is -0.416. The van der Waals surface area contributed by atoms with Crippen LogP contribution in [0.1, 0.15) is 34.1 Å². The summed E-state index contributed by atoms with van der Waals surface area (Å²) in [4.78, 5) is 10.8. The Morgan fingerprint density at radius 3 is 2.17 bits per heavy atom. The van der Waals surface area contributed by atoms with Crippen molar-refractivity contribution in [3.8, 4) is 0 Å². The van der Waals surface area contributed by atoms with Crippen LogP contribution in [0.2, 0.25) is 0 Å². The van der Waals surface area contributed by atoms with Crippen LogP contribution in [0.3, 0.4) is 0 Å². The molecule has 0 aliphatic carbocycles. The summed E-state index contributed by atoms with van der Waals surface area (Å²) >= 11 is 5.36. The van der Waals surface area contributed by atoms with Gasteiger partial charge in [0.05, 0.1) is 0 Å². The average molecular weight is 189 g/mol. The molecule has 0 aromatic carbocycles. The van der Waals surface area contributed by atoms with E-state index in [1.165, 1.54) is 0 Å². The molecular formula is C10H17ClO. The largest absolute Gasteiger partial charge is 0.276 e. The van der Waals surface area contributed by atoms with Gasteiger partial charge in [-0.3, -0.25) is 4.79 Å². The fourth-order valence-corrected chi connectivity index (χ4v) is 1.67. The molecule has 0 N–H and O–H groups in total. The second kappa shape index (κ2) is 4.08. The lowest BCUT2D eigenvalue weighted by molar-refractivity contribution is -0.109. The van der Waals surface area contributed by atoms with E-state index in [0.717, 1.165) is 6.42 Å². The first-order valence-corrected chi connectivity index (χ1v) is 4.54. The molecule has 70 valence electrons. The third-order valence-corrected chi connectivity index (χ3v) is 2.20. The van der Waals surface area contributed by atoms with E-state index >= 15 is 0 Å². The van der Waals surface area contributed by atoms with Gasteiger partial charge in [0, 0.05) is 5.57 Å². The van der Waals surface area contributed by atoms with Crippen molar-refractivity contribution in [2.24, 2.45) is 11.3 Å². The highest BCUT2D eigenvalue weighted by Crippen LogP contribution is 2.33. The minimum Gasteiger partial charge on any atom is -0.276 e. The van der Waals surface area contributed by atoms with Crippen LogP contribution < -0.4 is 0 Å². The van der Waals surface area contributed by atoms with E-state index in [9.17, 15) is 4.79 Å². The highest BCUT2D eigenvalue weighted by Gasteiger charge is 2.26. The topological polar surface area (TPSA) is 17.1 Å². The molecule has 0 atom stereocenters. The first-order chi connectivity index (χ1) is 5.27. The van der Waals surface area contributed by atoms with Gasteiger partial charge in [-0.1, -0.05) is 34.3 Å². The van der Waals surface area contributed by atoms with Crippen LogP contribution in [-0.2, 0) is 4.79 Å². The zero-order valence-electron chi connectivity index (χ0n) is 8.28. The van der Waals surface area contributed by atoms with E-state index in [0.29, 0.717) is 11.5 Å². The van der Waals surface area contributed by atoms with E-state index in [2.05, 4.69) is 20.4 Å². The minimum absolute atomic E-state index is 0.174. The Labute approximate surface area is 79.8 Å². The van der Waals surface area contributed by atoms with Crippen LogP contribution in [0.4, 0.5) is 0 Å². The van der Waals surface area contributed by atoms with Gasteiger partial charge in [0.1, 0.15) is 0 Å². The molecule has 1 nitrogen and oxygen atoms in total. The Hall–Kier alpha value is -0.300. The smallest absolute Gasteiger partial charge is 0.248 e. The minimum atomic E-state index is -0.416. The van der Waals surface area contributed by atoms with Crippen LogP contribution in [0.25, 0.3) is 0 Å². The fourth-order valence-electron chi connectivity index (χ4n) is 1.41. The summed E-state index contributed by atoms with van der Waals surface area (Å²) in [6, 6.07) is 0. The van der Waals surface area contributed by atoms with Crippen molar-refractivity contribution in [2.75, 3.05) is 0 Å². The third-order valence-electron chi connectivity index (χ3n) is 1.97. The van der Waals surface area contributed by atoms with Gasteiger partial charge in [-0.25, -0.2) is 0 Å². The second-order valence-corrected chi connectivity index (χ2v) is 4.58. The number of rotatable bonds is 4. The normalized spacial score (nSPS) is 11.8. The van der Waals surface area contributed by atoms with Gasteiger partial charge >= 0.3 is 0 Å². The zero-order valence-corrected chi connectivity index (χ0v) is 9.03. The van der Waals surface area contributed by atoms with E-state index in [1.54, 1.807) is 0 Å². The number of allylic oxidation sites excluding steroid dienone is 1. The summed E-state index contributed by atoms with van der Waals surface area (Å²) in [6.45, 7) is 11.9. The van der Waals surface area contributed by atoms with Crippen LogP contribution in [0.5, 0.6) is 0 Å². The molecule has 0 aromatic heterocycles. The summed E-state index contributed by atoms with van der Waals surface area (Å²) in [6.07, 6.45) is 0.935. The molecule has 0 heterocycles. The summed E-state index contributed by atoms with van der Waals surface area (Å²) in [7, 11) is 0. The lowest BCUT2D eigenvalue weighted by Crippen LogP contribution is -2.20. The number of hydrogen-bond acceptors (Lipinski definition) is 1. The Morgan fingerprint density at radius 2 is 1.92 bits per heavy atom. The third kappa shape index (κ3) is 3.40. The van der Waals surface area contributed by atoms with E-state index in [1.807, 2.05) is 13.8 Å². The molecule has 0 unspecified atom stereocenters. The summed E-state index contributed by atoms with van der Waals surface area (Å²) in [5.74, 6) is 0.549. The average Bonchev–Trinajstić information content (AvgIpc) is 1.82. The predicted molar refractivity (Wildman–Crippen MR) is 53.2 cm³/mol. The number of carbonyl (C=O) groups excluding carboxylic acids is 1. The molecule has 0 fully saturated rings. The molecule has 12 heavy (non-hydrogen) atoms. The SMILES string of the molecule is C=C(C(=O)Cl)C(C)(C)CC(C)C. The maximum absolute atomic E-state index is 10.8. The molecule has 0 aliphatic rings. The lowest BCUT2D eigenvalue weighted by atomic mass is 9.78. The van der Waals surface area contributed by atoms with Crippen molar-refractivity contribution in [1.29, 1.82) is 0 Å². The van der Waals surface area contributed by atoms with Crippen molar-refractivity contribution in [3.63, 3.8) is 0 Å². The van der Waals surface area contributed by atoms with Gasteiger partial charge in [-0.15, -0.1) is 0 Å². The fraction of sp³-hybridized carbons (Fsp3) is 0.700. The molecule has 0 radical (unpaired) electrons. The van der Waals surface area contributed by atoms with Gasteiger partial charge in [0.15, 0.2) is 0 Å². The van der Waals surface area contributed by atoms with Gasteiger partial charge in [-0.05, 0) is 29.4 Å². The van der Waals surface area contributed by atoms with Crippen molar-refractivity contribution < 1.29 is 4.79 Å². The first-order valence-electron chi connectivity index (χ1n) is 4.16. The highest BCUT2D eigenvalue weighted by molar-refractivity contribution is 6.67. The molecule has 0 bridgehead atoms. The Bertz CT molecular complexity index is 192. The maximum Gasteiger partial charge on any atom is 0.248 e. The van der Waals surface area contributed by atoms with Crippen molar-refractivity contribution in [2.45, 2.75) is 34.1 Å². The Balaban J connectivity index is 4.39. The van der Waals surface area contributed by atoms with Gasteiger partial charge in [0.25, 0.3) is 0 Å². The molecule has 0 aromatic rings. The summed E-state index contributed by atoms with van der Waals surface area (Å²) in [5.41, 5.74) is 0.338. The predicted octanol–water partition coefficient (Wildman–Crippen LogP) is 3.38. The monoisotopic (exact) mass is 188 g/mol. The van der Waals surface area contributed by atoms with Crippen molar-refractivity contribution in [3.05, 3.63) is 12.2 Å². The molecule has 0 rings (SSSR count). The standard InChI is InChI=1S/C10H17ClO/c1-7(2)6-10(4,5)8(3)9(11)12/h7H,3,6H2,1-2,4-5H3. The van der Waals surface area contributed by atoms with Crippen LogP contribution in [0.15, 0.2) is 12.2 Å². The molecule has 0 amide bonds. The molecule has 2 heteroatoms.